The summed E-state index contributed by atoms with van der Waals surface area (Å²) in [6.45, 7) is 4.42. The second-order valence-electron chi connectivity index (χ2n) is 3.92. The minimum Gasteiger partial charge on any atom is -0.274 e. The van der Waals surface area contributed by atoms with Crippen LogP contribution in [0.25, 0.3) is 0 Å². The lowest BCUT2D eigenvalue weighted by atomic mass is 9.96. The fraction of sp³-hybridized carbons (Fsp3) is 0.455. The zero-order valence-corrected chi connectivity index (χ0v) is 8.36. The highest BCUT2D eigenvalue weighted by atomic mass is 15.0. The number of allylic oxidation sites excluding steroid dienone is 1. The Hall–Kier alpha value is -1.18. The van der Waals surface area contributed by atoms with Crippen LogP contribution >= 0.6 is 0 Å². The van der Waals surface area contributed by atoms with Gasteiger partial charge in [-0.15, -0.1) is 0 Å². The molecule has 0 fully saturated rings. The molecular weight excluding hydrogens is 160 g/mol. The van der Waals surface area contributed by atoms with Crippen molar-refractivity contribution in [1.29, 1.82) is 0 Å². The van der Waals surface area contributed by atoms with Gasteiger partial charge in [0.2, 0.25) is 0 Å². The van der Waals surface area contributed by atoms with E-state index in [0.29, 0.717) is 5.92 Å². The van der Waals surface area contributed by atoms with Crippen LogP contribution in [-0.2, 0) is 0 Å². The molecule has 2 aliphatic rings. The van der Waals surface area contributed by atoms with Crippen molar-refractivity contribution in [3.05, 3.63) is 23.4 Å². The highest BCUT2D eigenvalue weighted by Crippen LogP contribution is 2.25. The summed E-state index contributed by atoms with van der Waals surface area (Å²) in [7, 11) is 2.04. The number of nitrogens with zero attached hydrogens (tertiary/aromatic N) is 2. The minimum atomic E-state index is 0.271. The number of fused-ring (bicyclic) bond motifs is 1. The van der Waals surface area contributed by atoms with Crippen LogP contribution in [0.1, 0.15) is 13.8 Å². The first kappa shape index (κ1) is 8.42. The molecule has 0 spiro atoms. The molecule has 0 bridgehead atoms. The molecule has 2 heteroatoms. The van der Waals surface area contributed by atoms with Gasteiger partial charge >= 0.3 is 0 Å². The van der Waals surface area contributed by atoms with Crippen molar-refractivity contribution in [3.63, 3.8) is 0 Å². The Labute approximate surface area is 79.0 Å². The third-order valence-electron chi connectivity index (χ3n) is 2.51. The van der Waals surface area contributed by atoms with Gasteiger partial charge in [-0.2, -0.15) is 0 Å². The van der Waals surface area contributed by atoms with E-state index in [0.717, 1.165) is 0 Å². The van der Waals surface area contributed by atoms with E-state index in [1.807, 2.05) is 13.3 Å². The molecule has 0 aromatic heterocycles. The van der Waals surface area contributed by atoms with Gasteiger partial charge in [-0.05, 0) is 17.1 Å². The van der Waals surface area contributed by atoms with Gasteiger partial charge in [-0.25, -0.2) is 4.58 Å². The zero-order valence-electron chi connectivity index (χ0n) is 8.36. The summed E-state index contributed by atoms with van der Waals surface area (Å²) in [5.41, 5.74) is 2.75. The number of hydrogen-bond donors (Lipinski definition) is 0. The Bertz CT molecular complexity index is 343. The standard InChI is InChI=1S/C11H15N2/c1-8(2)10-6-12-11-7-13(3)5-4-9(10)11/h4-8,11H,1-3H3/q+1. The van der Waals surface area contributed by atoms with Crippen LogP contribution in [0.15, 0.2) is 28.4 Å². The first-order chi connectivity index (χ1) is 6.18. The SMILES string of the molecule is CC(C)C1=C2C=C[N+](C)=CC2N=C1. The second kappa shape index (κ2) is 2.95. The molecule has 2 heterocycles. The van der Waals surface area contributed by atoms with E-state index in [4.69, 9.17) is 0 Å². The van der Waals surface area contributed by atoms with Crippen LogP contribution in [0.5, 0.6) is 0 Å². The van der Waals surface area contributed by atoms with E-state index in [1.54, 1.807) is 0 Å². The molecular formula is C11H15N2+. The quantitative estimate of drug-likeness (QED) is 0.538. The Morgan fingerprint density at radius 2 is 2.23 bits per heavy atom. The van der Waals surface area contributed by atoms with Gasteiger partial charge in [0.1, 0.15) is 7.05 Å². The second-order valence-corrected chi connectivity index (χ2v) is 3.92. The summed E-state index contributed by atoms with van der Waals surface area (Å²) < 4.78 is 2.06. The molecule has 0 amide bonds. The molecule has 2 nitrogen and oxygen atoms in total. The number of aliphatic imine (C=N–C) groups is 1. The highest BCUT2D eigenvalue weighted by molar-refractivity contribution is 5.90. The summed E-state index contributed by atoms with van der Waals surface area (Å²) in [5.74, 6) is 0.574. The predicted molar refractivity (Wildman–Crippen MR) is 55.5 cm³/mol. The van der Waals surface area contributed by atoms with Crippen molar-refractivity contribution in [1.82, 2.24) is 0 Å². The number of hydrogen-bond acceptors (Lipinski definition) is 1. The smallest absolute Gasteiger partial charge is 0.174 e. The van der Waals surface area contributed by atoms with Gasteiger partial charge in [0.15, 0.2) is 18.5 Å². The summed E-state index contributed by atoms with van der Waals surface area (Å²) in [4.78, 5) is 4.46. The van der Waals surface area contributed by atoms with Crippen LogP contribution in [0.3, 0.4) is 0 Å². The molecule has 2 rings (SSSR count). The number of rotatable bonds is 1. The lowest BCUT2D eigenvalue weighted by Crippen LogP contribution is -2.18. The van der Waals surface area contributed by atoms with E-state index in [1.165, 1.54) is 11.1 Å². The molecule has 68 valence electrons. The molecule has 0 aliphatic carbocycles. The predicted octanol–water partition coefficient (Wildman–Crippen LogP) is 1.63. The lowest BCUT2D eigenvalue weighted by Gasteiger charge is -2.09. The third-order valence-corrected chi connectivity index (χ3v) is 2.51. The summed E-state index contributed by atoms with van der Waals surface area (Å²) in [5, 5.41) is 0. The Kier molecular flexibility index (Phi) is 1.91. The van der Waals surface area contributed by atoms with Crippen molar-refractivity contribution in [2.24, 2.45) is 10.9 Å². The molecule has 0 N–H and O–H groups in total. The van der Waals surface area contributed by atoms with E-state index >= 15 is 0 Å². The highest BCUT2D eigenvalue weighted by Gasteiger charge is 2.25. The molecule has 2 aliphatic heterocycles. The summed E-state index contributed by atoms with van der Waals surface area (Å²) >= 11 is 0. The first-order valence-electron chi connectivity index (χ1n) is 4.71. The Morgan fingerprint density at radius 3 is 2.92 bits per heavy atom. The maximum absolute atomic E-state index is 4.46. The molecule has 1 unspecified atom stereocenters. The third kappa shape index (κ3) is 1.37. The molecule has 0 aromatic carbocycles. The van der Waals surface area contributed by atoms with Crippen molar-refractivity contribution in [2.75, 3.05) is 7.05 Å². The first-order valence-corrected chi connectivity index (χ1v) is 4.71. The van der Waals surface area contributed by atoms with E-state index in [9.17, 15) is 0 Å². The Morgan fingerprint density at radius 1 is 1.46 bits per heavy atom. The van der Waals surface area contributed by atoms with Gasteiger partial charge in [-0.1, -0.05) is 13.8 Å². The van der Waals surface area contributed by atoms with Gasteiger partial charge in [-0.3, -0.25) is 4.99 Å². The average Bonchev–Trinajstić information content (AvgIpc) is 2.46. The lowest BCUT2D eigenvalue weighted by molar-refractivity contribution is -0.419. The monoisotopic (exact) mass is 175 g/mol. The molecule has 13 heavy (non-hydrogen) atoms. The maximum Gasteiger partial charge on any atom is 0.174 e. The average molecular weight is 175 g/mol. The molecule has 0 radical (unpaired) electrons. The van der Waals surface area contributed by atoms with E-state index in [-0.39, 0.29) is 6.04 Å². The zero-order chi connectivity index (χ0) is 9.42. The molecule has 0 aromatic rings. The van der Waals surface area contributed by atoms with Crippen molar-refractivity contribution in [2.45, 2.75) is 19.9 Å². The summed E-state index contributed by atoms with van der Waals surface area (Å²) in [6, 6.07) is 0.271. The molecule has 0 saturated heterocycles. The fourth-order valence-electron chi connectivity index (χ4n) is 1.75. The van der Waals surface area contributed by atoms with Crippen molar-refractivity contribution in [3.8, 4) is 0 Å². The largest absolute Gasteiger partial charge is 0.274 e. The van der Waals surface area contributed by atoms with Gasteiger partial charge < -0.3 is 0 Å². The van der Waals surface area contributed by atoms with E-state index < -0.39 is 0 Å². The van der Waals surface area contributed by atoms with Crippen LogP contribution in [0, 0.1) is 5.92 Å². The minimum absolute atomic E-state index is 0.271. The van der Waals surface area contributed by atoms with E-state index in [2.05, 4.69) is 41.9 Å². The summed E-state index contributed by atoms with van der Waals surface area (Å²) in [6.07, 6.45) is 8.42. The van der Waals surface area contributed by atoms with Crippen molar-refractivity contribution < 1.29 is 4.58 Å². The fourth-order valence-corrected chi connectivity index (χ4v) is 1.75. The van der Waals surface area contributed by atoms with Crippen molar-refractivity contribution >= 4 is 12.4 Å². The Balaban J connectivity index is 2.39. The maximum atomic E-state index is 4.46. The van der Waals surface area contributed by atoms with Gasteiger partial charge in [0.25, 0.3) is 0 Å². The van der Waals surface area contributed by atoms with Crippen LogP contribution < -0.4 is 0 Å². The van der Waals surface area contributed by atoms with Crippen LogP contribution in [0.2, 0.25) is 0 Å². The molecule has 1 atom stereocenters. The van der Waals surface area contributed by atoms with Gasteiger partial charge in [0.05, 0.1) is 0 Å². The van der Waals surface area contributed by atoms with Gasteiger partial charge in [0, 0.05) is 12.3 Å². The topological polar surface area (TPSA) is 15.4 Å². The molecule has 0 saturated carbocycles. The van der Waals surface area contributed by atoms with Crippen LogP contribution in [0.4, 0.5) is 0 Å². The normalized spacial score (nSPS) is 25.5. The van der Waals surface area contributed by atoms with Crippen LogP contribution in [-0.4, -0.2) is 30.1 Å².